The van der Waals surface area contributed by atoms with Gasteiger partial charge in [0.1, 0.15) is 15.7 Å². The fourth-order valence-electron chi connectivity index (χ4n) is 2.38. The molecule has 3 nitrogen and oxygen atoms in total. The fourth-order valence-corrected chi connectivity index (χ4v) is 5.34. The fraction of sp³-hybridized carbons (Fsp3) is 0.571. The van der Waals surface area contributed by atoms with Crippen LogP contribution in [0.25, 0.3) is 10.6 Å². The number of aromatic nitrogens is 2. The molecule has 3 aliphatic heterocycles. The van der Waals surface area contributed by atoms with Crippen molar-refractivity contribution >= 4 is 34.9 Å². The highest BCUT2D eigenvalue weighted by molar-refractivity contribution is 8.00. The van der Waals surface area contributed by atoms with E-state index < -0.39 is 0 Å². The SMILES string of the molecule is CCSc1nc(SCC)c2sc3c(nc1-2)CCN(C)C3. The number of fused-ring (bicyclic) bond motifs is 2. The van der Waals surface area contributed by atoms with E-state index in [1.54, 1.807) is 0 Å². The van der Waals surface area contributed by atoms with Gasteiger partial charge in [-0.2, -0.15) is 0 Å². The lowest BCUT2D eigenvalue weighted by Crippen LogP contribution is -2.26. The van der Waals surface area contributed by atoms with E-state index in [4.69, 9.17) is 9.97 Å². The molecule has 0 N–H and O–H groups in total. The second kappa shape index (κ2) is 6.22. The Morgan fingerprint density at radius 3 is 2.65 bits per heavy atom. The van der Waals surface area contributed by atoms with Gasteiger partial charge in [-0.15, -0.1) is 34.9 Å². The summed E-state index contributed by atoms with van der Waals surface area (Å²) >= 11 is 5.55. The molecule has 0 spiro atoms. The molecule has 0 aromatic carbocycles. The predicted molar refractivity (Wildman–Crippen MR) is 89.4 cm³/mol. The second-order valence-electron chi connectivity index (χ2n) is 4.84. The highest BCUT2D eigenvalue weighted by atomic mass is 32.2. The minimum absolute atomic E-state index is 1.03. The molecule has 0 radical (unpaired) electrons. The van der Waals surface area contributed by atoms with E-state index in [1.165, 1.54) is 20.5 Å². The average molecular weight is 326 g/mol. The standard InChI is InChI=1S/C14H19N3S3/c1-4-18-13-11-12(14(16-13)19-5-2)20-10-8-17(3)7-6-9(10)15-11/h4-8H2,1-3H3. The van der Waals surface area contributed by atoms with Crippen molar-refractivity contribution in [3.8, 4) is 10.6 Å². The van der Waals surface area contributed by atoms with Gasteiger partial charge in [-0.3, -0.25) is 0 Å². The van der Waals surface area contributed by atoms with Crippen molar-refractivity contribution in [2.45, 2.75) is 36.9 Å². The molecule has 0 aliphatic carbocycles. The van der Waals surface area contributed by atoms with Crippen molar-refractivity contribution in [3.05, 3.63) is 10.6 Å². The first-order chi connectivity index (χ1) is 9.72. The summed E-state index contributed by atoms with van der Waals surface area (Å²) in [6.07, 6.45) is 1.07. The van der Waals surface area contributed by atoms with Gasteiger partial charge in [-0.1, -0.05) is 13.8 Å². The van der Waals surface area contributed by atoms with E-state index >= 15 is 0 Å². The zero-order chi connectivity index (χ0) is 14.1. The lowest BCUT2D eigenvalue weighted by molar-refractivity contribution is 0.314. The van der Waals surface area contributed by atoms with Crippen LogP contribution in [0, 0.1) is 0 Å². The van der Waals surface area contributed by atoms with Crippen LogP contribution in [0.4, 0.5) is 0 Å². The number of nitrogens with zero attached hydrogens (tertiary/aromatic N) is 3. The molecule has 0 unspecified atom stereocenters. The van der Waals surface area contributed by atoms with Crippen molar-refractivity contribution in [2.24, 2.45) is 0 Å². The smallest absolute Gasteiger partial charge is 0.125 e. The summed E-state index contributed by atoms with van der Waals surface area (Å²) in [4.78, 5) is 14.9. The van der Waals surface area contributed by atoms with Crippen LogP contribution in [0.15, 0.2) is 10.1 Å². The highest BCUT2D eigenvalue weighted by Gasteiger charge is 2.25. The van der Waals surface area contributed by atoms with Gasteiger partial charge in [0, 0.05) is 24.4 Å². The van der Waals surface area contributed by atoms with Crippen LogP contribution in [0.2, 0.25) is 0 Å². The zero-order valence-corrected chi connectivity index (χ0v) is 14.6. The number of thioether (sulfide) groups is 2. The van der Waals surface area contributed by atoms with Crippen LogP contribution in [0.5, 0.6) is 0 Å². The van der Waals surface area contributed by atoms with Gasteiger partial charge in [-0.25, -0.2) is 9.97 Å². The lowest BCUT2D eigenvalue weighted by atomic mass is 10.2. The highest BCUT2D eigenvalue weighted by Crippen LogP contribution is 2.43. The molecule has 0 aromatic rings. The summed E-state index contributed by atoms with van der Waals surface area (Å²) in [6.45, 7) is 6.50. The third-order valence-corrected chi connectivity index (χ3v) is 6.35. The minimum Gasteiger partial charge on any atom is -0.301 e. The molecule has 6 heteroatoms. The first kappa shape index (κ1) is 14.6. The van der Waals surface area contributed by atoms with Crippen LogP contribution in [0.1, 0.15) is 24.4 Å². The van der Waals surface area contributed by atoms with Gasteiger partial charge in [-0.05, 0) is 18.6 Å². The van der Waals surface area contributed by atoms with Crippen LogP contribution in [-0.4, -0.2) is 40.0 Å². The summed E-state index contributed by atoms with van der Waals surface area (Å²) in [6, 6.07) is 0. The Balaban J connectivity index is 2.10. The first-order valence-electron chi connectivity index (χ1n) is 6.99. The Hall–Kier alpha value is -0.300. The Morgan fingerprint density at radius 1 is 1.15 bits per heavy atom. The molecule has 0 atom stereocenters. The van der Waals surface area contributed by atoms with Gasteiger partial charge in [0.05, 0.1) is 10.6 Å². The summed E-state index contributed by atoms with van der Waals surface area (Å²) in [5.74, 6) is 2.11. The molecule has 0 amide bonds. The maximum absolute atomic E-state index is 4.96. The van der Waals surface area contributed by atoms with E-state index in [0.29, 0.717) is 0 Å². The monoisotopic (exact) mass is 325 g/mol. The first-order valence-corrected chi connectivity index (χ1v) is 9.78. The van der Waals surface area contributed by atoms with E-state index in [0.717, 1.165) is 41.7 Å². The Bertz CT molecular complexity index is 582. The third kappa shape index (κ3) is 2.71. The maximum Gasteiger partial charge on any atom is 0.125 e. The molecule has 3 heterocycles. The van der Waals surface area contributed by atoms with Gasteiger partial charge in [0.15, 0.2) is 0 Å². The molecule has 108 valence electrons. The van der Waals surface area contributed by atoms with Crippen molar-refractivity contribution in [3.63, 3.8) is 0 Å². The third-order valence-electron chi connectivity index (χ3n) is 3.31. The summed E-state index contributed by atoms with van der Waals surface area (Å²) < 4.78 is 0. The molecular formula is C14H19N3S3. The number of likely N-dealkylation sites (N-methyl/N-ethyl adjacent to an activating group) is 1. The van der Waals surface area contributed by atoms with Crippen molar-refractivity contribution < 1.29 is 0 Å². The zero-order valence-electron chi connectivity index (χ0n) is 12.1. The summed E-state index contributed by atoms with van der Waals surface area (Å²) in [7, 11) is 2.18. The quantitative estimate of drug-likeness (QED) is 0.796. The van der Waals surface area contributed by atoms with Crippen LogP contribution >= 0.6 is 34.9 Å². The molecule has 0 saturated carbocycles. The molecule has 3 rings (SSSR count). The molecule has 0 fully saturated rings. The van der Waals surface area contributed by atoms with E-state index in [9.17, 15) is 0 Å². The number of rotatable bonds is 4. The van der Waals surface area contributed by atoms with Gasteiger partial charge in [0.25, 0.3) is 0 Å². The van der Waals surface area contributed by atoms with E-state index in [1.807, 2.05) is 34.9 Å². The largest absolute Gasteiger partial charge is 0.301 e. The van der Waals surface area contributed by atoms with Gasteiger partial charge >= 0.3 is 0 Å². The van der Waals surface area contributed by atoms with Crippen LogP contribution in [-0.2, 0) is 13.0 Å². The number of hydrogen-bond acceptors (Lipinski definition) is 6. The maximum atomic E-state index is 4.96. The molecule has 0 saturated heterocycles. The van der Waals surface area contributed by atoms with Crippen LogP contribution in [0.3, 0.4) is 0 Å². The Labute approximate surface area is 132 Å². The van der Waals surface area contributed by atoms with Gasteiger partial charge in [0.2, 0.25) is 0 Å². The van der Waals surface area contributed by atoms with Crippen molar-refractivity contribution in [1.82, 2.24) is 14.9 Å². The Morgan fingerprint density at radius 2 is 1.90 bits per heavy atom. The van der Waals surface area contributed by atoms with Gasteiger partial charge < -0.3 is 4.90 Å². The van der Waals surface area contributed by atoms with E-state index in [-0.39, 0.29) is 0 Å². The van der Waals surface area contributed by atoms with Crippen molar-refractivity contribution in [2.75, 3.05) is 25.1 Å². The Kier molecular flexibility index (Phi) is 4.55. The second-order valence-corrected chi connectivity index (χ2v) is 8.45. The summed E-state index contributed by atoms with van der Waals surface area (Å²) in [5, 5.41) is 2.29. The topological polar surface area (TPSA) is 29.0 Å². The lowest BCUT2D eigenvalue weighted by Gasteiger charge is -2.24. The normalized spacial score (nSPS) is 15.8. The van der Waals surface area contributed by atoms with E-state index in [2.05, 4.69) is 25.8 Å². The van der Waals surface area contributed by atoms with Crippen molar-refractivity contribution in [1.29, 1.82) is 0 Å². The number of hydrogen-bond donors (Lipinski definition) is 0. The van der Waals surface area contributed by atoms with Crippen LogP contribution < -0.4 is 0 Å². The minimum atomic E-state index is 1.03. The summed E-state index contributed by atoms with van der Waals surface area (Å²) in [5.41, 5.74) is 2.43. The molecule has 0 bridgehead atoms. The molecule has 0 aromatic heterocycles. The molecular weight excluding hydrogens is 306 g/mol. The molecule has 3 aliphatic rings. The average Bonchev–Trinajstić information content (AvgIpc) is 2.75. The molecule has 20 heavy (non-hydrogen) atoms. The predicted octanol–water partition coefficient (Wildman–Crippen LogP) is 3.85.